The summed E-state index contributed by atoms with van der Waals surface area (Å²) in [6, 6.07) is 5.68. The molecule has 0 unspecified atom stereocenters. The maximum absolute atomic E-state index is 11.9. The van der Waals surface area contributed by atoms with Gasteiger partial charge in [0, 0.05) is 11.0 Å². The van der Waals surface area contributed by atoms with Crippen LogP contribution in [0.15, 0.2) is 18.2 Å². The first-order valence-electron chi connectivity index (χ1n) is 7.36. The third-order valence-corrected chi connectivity index (χ3v) is 4.60. The zero-order chi connectivity index (χ0) is 14.2. The number of carbonyl (C=O) groups is 1. The molecule has 1 fully saturated rings. The summed E-state index contributed by atoms with van der Waals surface area (Å²) in [5, 5.41) is 3.40. The number of rotatable bonds is 2. The minimum Gasteiger partial charge on any atom is -0.489 e. The van der Waals surface area contributed by atoms with Crippen molar-refractivity contribution in [2.45, 2.75) is 38.2 Å². The largest absolute Gasteiger partial charge is 0.489 e. The Bertz CT molecular complexity index is 520. The van der Waals surface area contributed by atoms with E-state index in [1.807, 2.05) is 19.1 Å². The van der Waals surface area contributed by atoms with Gasteiger partial charge in [0.25, 0.3) is 0 Å². The van der Waals surface area contributed by atoms with Gasteiger partial charge in [-0.2, -0.15) is 0 Å². The molecule has 1 atom stereocenters. The Morgan fingerprint density at radius 1 is 1.45 bits per heavy atom. The van der Waals surface area contributed by atoms with Crippen LogP contribution in [0.2, 0.25) is 0 Å². The van der Waals surface area contributed by atoms with E-state index >= 15 is 0 Å². The molecule has 0 aromatic heterocycles. The first-order valence-corrected chi connectivity index (χ1v) is 7.36. The van der Waals surface area contributed by atoms with Gasteiger partial charge in [-0.15, -0.1) is 0 Å². The molecule has 2 aliphatic heterocycles. The van der Waals surface area contributed by atoms with Crippen LogP contribution in [-0.4, -0.2) is 31.8 Å². The van der Waals surface area contributed by atoms with Gasteiger partial charge in [0.2, 0.25) is 0 Å². The number of nitrogens with one attached hydrogen (secondary N) is 1. The van der Waals surface area contributed by atoms with Gasteiger partial charge < -0.3 is 14.8 Å². The lowest BCUT2D eigenvalue weighted by molar-refractivity contribution is 0.0526. The Balaban J connectivity index is 1.99. The maximum atomic E-state index is 11.9. The molecule has 2 aliphatic rings. The Labute approximate surface area is 119 Å². The van der Waals surface area contributed by atoms with Crippen LogP contribution in [0.25, 0.3) is 0 Å². The van der Waals surface area contributed by atoms with E-state index in [2.05, 4.69) is 12.2 Å². The van der Waals surface area contributed by atoms with Gasteiger partial charge in [-0.1, -0.05) is 0 Å². The van der Waals surface area contributed by atoms with Crippen LogP contribution in [0, 0.1) is 0 Å². The zero-order valence-electron chi connectivity index (χ0n) is 12.1. The highest BCUT2D eigenvalue weighted by Gasteiger charge is 2.47. The molecule has 0 aliphatic carbocycles. The number of ether oxygens (including phenoxy) is 2. The van der Waals surface area contributed by atoms with Crippen LogP contribution in [0.1, 0.15) is 42.6 Å². The first-order chi connectivity index (χ1) is 9.67. The van der Waals surface area contributed by atoms with Crippen LogP contribution >= 0.6 is 0 Å². The summed E-state index contributed by atoms with van der Waals surface area (Å²) < 4.78 is 11.1. The van der Waals surface area contributed by atoms with E-state index < -0.39 is 0 Å². The van der Waals surface area contributed by atoms with Gasteiger partial charge in [-0.25, -0.2) is 4.79 Å². The summed E-state index contributed by atoms with van der Waals surface area (Å²) in [6.45, 7) is 6.35. The lowest BCUT2D eigenvalue weighted by atomic mass is 9.70. The van der Waals surface area contributed by atoms with Crippen molar-refractivity contribution in [3.05, 3.63) is 29.3 Å². The average Bonchev–Trinajstić information content (AvgIpc) is 2.72. The smallest absolute Gasteiger partial charge is 0.338 e. The molecule has 1 spiro atoms. The summed E-state index contributed by atoms with van der Waals surface area (Å²) in [5.74, 6) is 0.673. The van der Waals surface area contributed by atoms with E-state index in [1.54, 1.807) is 6.07 Å². The fourth-order valence-electron chi connectivity index (χ4n) is 3.43. The van der Waals surface area contributed by atoms with Gasteiger partial charge in [0.15, 0.2) is 0 Å². The zero-order valence-corrected chi connectivity index (χ0v) is 12.1. The molecular formula is C16H21NO3. The highest BCUT2D eigenvalue weighted by atomic mass is 16.5. The predicted octanol–water partition coefficient (Wildman–Crippen LogP) is 2.27. The summed E-state index contributed by atoms with van der Waals surface area (Å²) >= 11 is 0. The van der Waals surface area contributed by atoms with Gasteiger partial charge in [-0.05, 0) is 58.0 Å². The predicted molar refractivity (Wildman–Crippen MR) is 76.3 cm³/mol. The van der Waals surface area contributed by atoms with Crippen molar-refractivity contribution in [3.8, 4) is 5.75 Å². The summed E-state index contributed by atoms with van der Waals surface area (Å²) in [5.41, 5.74) is 1.85. The number of hydrogen-bond donors (Lipinski definition) is 1. The molecule has 1 N–H and O–H groups in total. The fourth-order valence-corrected chi connectivity index (χ4v) is 3.43. The highest BCUT2D eigenvalue weighted by molar-refractivity contribution is 5.90. The molecule has 0 amide bonds. The van der Waals surface area contributed by atoms with Crippen molar-refractivity contribution in [2.24, 2.45) is 0 Å². The molecule has 1 aromatic carbocycles. The molecule has 0 saturated carbocycles. The van der Waals surface area contributed by atoms with E-state index in [-0.39, 0.29) is 17.5 Å². The van der Waals surface area contributed by atoms with Crippen LogP contribution in [0.3, 0.4) is 0 Å². The number of benzene rings is 1. The lowest BCUT2D eigenvalue weighted by Gasteiger charge is -2.36. The third-order valence-electron chi connectivity index (χ3n) is 4.60. The molecule has 20 heavy (non-hydrogen) atoms. The van der Waals surface area contributed by atoms with E-state index in [9.17, 15) is 4.79 Å². The SMILES string of the molecule is CCOC(=O)c1ccc2c(c1)C1(CCNCC1)[C@@H](C)O2. The number of esters is 1. The number of fused-ring (bicyclic) bond motifs is 2. The summed E-state index contributed by atoms with van der Waals surface area (Å²) in [7, 11) is 0. The Morgan fingerprint density at radius 2 is 2.20 bits per heavy atom. The van der Waals surface area contributed by atoms with E-state index in [4.69, 9.17) is 9.47 Å². The monoisotopic (exact) mass is 275 g/mol. The molecule has 0 bridgehead atoms. The summed E-state index contributed by atoms with van der Waals surface area (Å²) in [4.78, 5) is 11.9. The van der Waals surface area contributed by atoms with Crippen LogP contribution in [-0.2, 0) is 10.2 Å². The van der Waals surface area contributed by atoms with Crippen LogP contribution in [0.4, 0.5) is 0 Å². The molecule has 0 radical (unpaired) electrons. The van der Waals surface area contributed by atoms with E-state index in [0.29, 0.717) is 12.2 Å². The van der Waals surface area contributed by atoms with Gasteiger partial charge in [0.05, 0.1) is 12.2 Å². The summed E-state index contributed by atoms with van der Waals surface area (Å²) in [6.07, 6.45) is 2.26. The Morgan fingerprint density at radius 3 is 2.90 bits per heavy atom. The van der Waals surface area contributed by atoms with E-state index in [0.717, 1.165) is 31.7 Å². The van der Waals surface area contributed by atoms with Gasteiger partial charge >= 0.3 is 5.97 Å². The molecule has 1 saturated heterocycles. The minimum absolute atomic E-state index is 0.0447. The first kappa shape index (κ1) is 13.4. The average molecular weight is 275 g/mol. The third kappa shape index (κ3) is 1.99. The van der Waals surface area contributed by atoms with Crippen molar-refractivity contribution in [1.82, 2.24) is 5.32 Å². The second-order valence-electron chi connectivity index (χ2n) is 5.60. The van der Waals surface area contributed by atoms with Crippen molar-refractivity contribution in [1.29, 1.82) is 0 Å². The molecule has 108 valence electrons. The normalized spacial score (nSPS) is 23.2. The Hall–Kier alpha value is -1.55. The molecule has 3 rings (SSSR count). The Kier molecular flexibility index (Phi) is 3.42. The minimum atomic E-state index is -0.251. The molecule has 4 nitrogen and oxygen atoms in total. The topological polar surface area (TPSA) is 47.6 Å². The number of hydrogen-bond acceptors (Lipinski definition) is 4. The number of piperidine rings is 1. The number of carbonyl (C=O) groups excluding carboxylic acids is 1. The lowest BCUT2D eigenvalue weighted by Crippen LogP contribution is -2.45. The second-order valence-corrected chi connectivity index (χ2v) is 5.60. The maximum Gasteiger partial charge on any atom is 0.338 e. The standard InChI is InChI=1S/C16H21NO3/c1-3-19-15(18)12-4-5-14-13(10-12)16(11(2)20-14)6-8-17-9-7-16/h4-5,10-11,17H,3,6-9H2,1-2H3/t11-/m1/s1. The van der Waals surface area contributed by atoms with Crippen molar-refractivity contribution in [2.75, 3.05) is 19.7 Å². The quantitative estimate of drug-likeness (QED) is 0.841. The van der Waals surface area contributed by atoms with Crippen molar-refractivity contribution < 1.29 is 14.3 Å². The molecule has 2 heterocycles. The van der Waals surface area contributed by atoms with Crippen molar-refractivity contribution in [3.63, 3.8) is 0 Å². The van der Waals surface area contributed by atoms with Crippen LogP contribution in [0.5, 0.6) is 5.75 Å². The molecular weight excluding hydrogens is 254 g/mol. The molecule has 1 aromatic rings. The molecule has 4 heteroatoms. The fraction of sp³-hybridized carbons (Fsp3) is 0.562. The van der Waals surface area contributed by atoms with Gasteiger partial charge in [-0.3, -0.25) is 0 Å². The van der Waals surface area contributed by atoms with Crippen LogP contribution < -0.4 is 10.1 Å². The van der Waals surface area contributed by atoms with E-state index in [1.165, 1.54) is 5.56 Å². The second kappa shape index (κ2) is 5.09. The van der Waals surface area contributed by atoms with Crippen molar-refractivity contribution >= 4 is 5.97 Å². The highest BCUT2D eigenvalue weighted by Crippen LogP contribution is 2.48. The van der Waals surface area contributed by atoms with Gasteiger partial charge in [0.1, 0.15) is 11.9 Å².